The lowest BCUT2D eigenvalue weighted by molar-refractivity contribution is -0.139. The Morgan fingerprint density at radius 2 is 1.81 bits per heavy atom. The summed E-state index contributed by atoms with van der Waals surface area (Å²) < 4.78 is 5.80. The summed E-state index contributed by atoms with van der Waals surface area (Å²) in [6, 6.07) is 13.6. The van der Waals surface area contributed by atoms with Crippen molar-refractivity contribution < 1.29 is 24.2 Å². The van der Waals surface area contributed by atoms with Crippen LogP contribution in [0.3, 0.4) is 0 Å². The number of carbonyl (C=O) groups is 3. The predicted molar refractivity (Wildman–Crippen MR) is 107 cm³/mol. The van der Waals surface area contributed by atoms with Crippen LogP contribution in [0, 0.1) is 3.57 Å². The molecule has 2 amide bonds. The molecular formula is C18H16IN3O5. The van der Waals surface area contributed by atoms with Gasteiger partial charge in [-0.2, -0.15) is 5.10 Å². The summed E-state index contributed by atoms with van der Waals surface area (Å²) in [4.78, 5) is 34.2. The molecule has 0 heterocycles. The Balaban J connectivity index is 1.77. The number of benzene rings is 2. The number of hydrogen-bond donors (Lipinski definition) is 3. The van der Waals surface area contributed by atoms with Gasteiger partial charge in [0.05, 0.1) is 18.3 Å². The second-order valence-electron chi connectivity index (χ2n) is 5.21. The van der Waals surface area contributed by atoms with E-state index in [4.69, 9.17) is 9.84 Å². The van der Waals surface area contributed by atoms with Crippen LogP contribution in [0.4, 0.5) is 0 Å². The summed E-state index contributed by atoms with van der Waals surface area (Å²) in [5.41, 5.74) is 3.49. The molecule has 0 fully saturated rings. The maximum absolute atomic E-state index is 12.0. The van der Waals surface area contributed by atoms with Crippen molar-refractivity contribution in [3.05, 3.63) is 63.2 Å². The van der Waals surface area contributed by atoms with Gasteiger partial charge in [0, 0.05) is 3.57 Å². The highest BCUT2D eigenvalue weighted by Gasteiger charge is 2.10. The molecular weight excluding hydrogens is 465 g/mol. The fraction of sp³-hybridized carbons (Fsp3) is 0.111. The molecule has 0 aliphatic carbocycles. The van der Waals surface area contributed by atoms with Gasteiger partial charge in [0.25, 0.3) is 11.8 Å². The molecule has 0 saturated heterocycles. The molecule has 0 radical (unpaired) electrons. The Morgan fingerprint density at radius 1 is 1.11 bits per heavy atom. The van der Waals surface area contributed by atoms with E-state index in [1.165, 1.54) is 6.21 Å². The van der Waals surface area contributed by atoms with E-state index in [9.17, 15) is 14.4 Å². The second kappa shape index (κ2) is 10.3. The van der Waals surface area contributed by atoms with Crippen LogP contribution in [-0.2, 0) is 9.59 Å². The third-order valence-corrected chi connectivity index (χ3v) is 4.11. The van der Waals surface area contributed by atoms with Crippen LogP contribution in [0.1, 0.15) is 15.9 Å². The fourth-order valence-electron chi connectivity index (χ4n) is 1.91. The second-order valence-corrected chi connectivity index (χ2v) is 6.37. The Bertz CT molecular complexity index is 852. The van der Waals surface area contributed by atoms with Crippen LogP contribution in [0.5, 0.6) is 5.75 Å². The van der Waals surface area contributed by atoms with Crippen molar-refractivity contribution in [2.75, 3.05) is 13.2 Å². The highest BCUT2D eigenvalue weighted by molar-refractivity contribution is 14.1. The van der Waals surface area contributed by atoms with Crippen molar-refractivity contribution in [2.24, 2.45) is 5.10 Å². The summed E-state index contributed by atoms with van der Waals surface area (Å²) in [6.45, 7) is -0.625. The van der Waals surface area contributed by atoms with E-state index in [0.29, 0.717) is 16.9 Å². The van der Waals surface area contributed by atoms with Crippen molar-refractivity contribution >= 4 is 46.6 Å². The zero-order valence-corrected chi connectivity index (χ0v) is 16.2. The molecule has 0 saturated carbocycles. The first-order valence-corrected chi connectivity index (χ1v) is 8.83. The maximum atomic E-state index is 12.0. The van der Waals surface area contributed by atoms with Crippen molar-refractivity contribution in [3.63, 3.8) is 0 Å². The molecule has 2 aromatic carbocycles. The number of nitrogens with zero attached hydrogens (tertiary/aromatic N) is 1. The Hall–Kier alpha value is -2.95. The summed E-state index contributed by atoms with van der Waals surface area (Å²) >= 11 is 2.05. The molecule has 0 aliphatic heterocycles. The van der Waals surface area contributed by atoms with Crippen LogP contribution in [0.25, 0.3) is 0 Å². The number of carboxylic acids is 1. The smallest absolute Gasteiger partial charge is 0.341 e. The van der Waals surface area contributed by atoms with Gasteiger partial charge in [0.2, 0.25) is 0 Å². The van der Waals surface area contributed by atoms with Crippen molar-refractivity contribution in [3.8, 4) is 5.75 Å². The van der Waals surface area contributed by atoms with Crippen LogP contribution in [0.15, 0.2) is 53.6 Å². The lowest BCUT2D eigenvalue weighted by Crippen LogP contribution is -2.35. The molecule has 3 N–H and O–H groups in total. The zero-order chi connectivity index (χ0) is 19.6. The number of carbonyl (C=O) groups excluding carboxylic acids is 2. The number of carboxylic acid groups (broad SMARTS) is 1. The summed E-state index contributed by atoms with van der Waals surface area (Å²) in [7, 11) is 0. The number of aliphatic carboxylic acids is 1. The lowest BCUT2D eigenvalue weighted by Gasteiger charge is -2.06. The molecule has 0 aromatic heterocycles. The number of hydrazone groups is 1. The Morgan fingerprint density at radius 3 is 2.48 bits per heavy atom. The molecule has 2 rings (SSSR count). The Kier molecular flexibility index (Phi) is 7.74. The topological polar surface area (TPSA) is 117 Å². The third-order valence-electron chi connectivity index (χ3n) is 3.17. The van der Waals surface area contributed by atoms with Crippen LogP contribution in [0.2, 0.25) is 0 Å². The average Bonchev–Trinajstić information content (AvgIpc) is 2.66. The number of nitrogens with one attached hydrogen (secondary N) is 2. The molecule has 0 unspecified atom stereocenters. The van der Waals surface area contributed by atoms with E-state index in [-0.39, 0.29) is 12.5 Å². The highest BCUT2D eigenvalue weighted by atomic mass is 127. The van der Waals surface area contributed by atoms with Gasteiger partial charge in [0.15, 0.2) is 6.61 Å². The van der Waals surface area contributed by atoms with Crippen LogP contribution in [-0.4, -0.2) is 42.3 Å². The van der Waals surface area contributed by atoms with Gasteiger partial charge in [-0.3, -0.25) is 9.59 Å². The summed E-state index contributed by atoms with van der Waals surface area (Å²) in [5.74, 6) is -1.45. The molecule has 9 heteroatoms. The van der Waals surface area contributed by atoms with Crippen LogP contribution >= 0.6 is 22.6 Å². The van der Waals surface area contributed by atoms with E-state index in [1.807, 2.05) is 28.7 Å². The number of hydrogen-bond acceptors (Lipinski definition) is 5. The molecule has 0 aliphatic rings. The van der Waals surface area contributed by atoms with E-state index >= 15 is 0 Å². The number of rotatable bonds is 8. The van der Waals surface area contributed by atoms with Gasteiger partial charge >= 0.3 is 5.97 Å². The van der Waals surface area contributed by atoms with E-state index in [2.05, 4.69) is 15.8 Å². The molecule has 0 spiro atoms. The minimum atomic E-state index is -1.06. The Labute approximate surface area is 168 Å². The van der Waals surface area contributed by atoms with Crippen molar-refractivity contribution in [2.45, 2.75) is 0 Å². The maximum Gasteiger partial charge on any atom is 0.341 e. The SMILES string of the molecule is O=C(O)COc1ccc(/C=N/NC(=O)CNC(=O)c2ccccc2I)cc1. The van der Waals surface area contributed by atoms with Crippen molar-refractivity contribution in [1.29, 1.82) is 0 Å². The molecule has 2 aromatic rings. The van der Waals surface area contributed by atoms with Gasteiger partial charge in [-0.15, -0.1) is 0 Å². The standard InChI is InChI=1S/C18H16IN3O5/c19-15-4-2-1-3-14(15)18(26)20-10-16(23)22-21-9-12-5-7-13(8-6-12)27-11-17(24)25/h1-9H,10-11H2,(H,20,26)(H,22,23)(H,24,25)/b21-9+. The number of halogens is 1. The van der Waals surface area contributed by atoms with Gasteiger partial charge in [-0.25, -0.2) is 10.2 Å². The predicted octanol–water partition coefficient (Wildman–Crippen LogP) is 1.63. The highest BCUT2D eigenvalue weighted by Crippen LogP contribution is 2.11. The molecule has 8 nitrogen and oxygen atoms in total. The molecule has 27 heavy (non-hydrogen) atoms. The van der Waals surface area contributed by atoms with Crippen LogP contribution < -0.4 is 15.5 Å². The number of ether oxygens (including phenoxy) is 1. The van der Waals surface area contributed by atoms with Gasteiger partial charge < -0.3 is 15.2 Å². The minimum absolute atomic E-state index is 0.205. The lowest BCUT2D eigenvalue weighted by atomic mass is 10.2. The normalized spacial score (nSPS) is 10.4. The van der Waals surface area contributed by atoms with Gasteiger partial charge in [-0.05, 0) is 64.6 Å². The molecule has 0 bridgehead atoms. The minimum Gasteiger partial charge on any atom is -0.482 e. The molecule has 140 valence electrons. The zero-order valence-electron chi connectivity index (χ0n) is 14.0. The monoisotopic (exact) mass is 481 g/mol. The summed E-state index contributed by atoms with van der Waals surface area (Å²) in [5, 5.41) is 14.9. The quantitative estimate of drug-likeness (QED) is 0.301. The average molecular weight is 481 g/mol. The van der Waals surface area contributed by atoms with E-state index in [1.54, 1.807) is 42.5 Å². The van der Waals surface area contributed by atoms with Gasteiger partial charge in [-0.1, -0.05) is 12.1 Å². The first-order chi connectivity index (χ1) is 13.0. The molecule has 0 atom stereocenters. The van der Waals surface area contributed by atoms with E-state index < -0.39 is 18.5 Å². The number of amides is 2. The van der Waals surface area contributed by atoms with Gasteiger partial charge in [0.1, 0.15) is 5.75 Å². The largest absolute Gasteiger partial charge is 0.482 e. The third kappa shape index (κ3) is 7.05. The summed E-state index contributed by atoms with van der Waals surface area (Å²) in [6.07, 6.45) is 1.42. The first kappa shape index (κ1) is 20.4. The van der Waals surface area contributed by atoms with E-state index in [0.717, 1.165) is 3.57 Å². The fourth-order valence-corrected chi connectivity index (χ4v) is 2.55. The first-order valence-electron chi connectivity index (χ1n) is 7.75. The van der Waals surface area contributed by atoms with Crippen molar-refractivity contribution in [1.82, 2.24) is 10.7 Å².